The number of allylic oxidation sites excluding steroid dienone is 1. The lowest BCUT2D eigenvalue weighted by atomic mass is 9.96. The number of fused-ring (bicyclic) bond motifs is 1. The number of hydrogen-bond donors (Lipinski definition) is 1. The van der Waals surface area contributed by atoms with E-state index in [-0.39, 0.29) is 0 Å². The first-order valence-electron chi connectivity index (χ1n) is 7.37. The highest BCUT2D eigenvalue weighted by atomic mass is 35.5. The van der Waals surface area contributed by atoms with E-state index >= 15 is 0 Å². The van der Waals surface area contributed by atoms with E-state index in [0.29, 0.717) is 23.4 Å². The number of anilines is 1. The molecule has 0 atom stereocenters. The van der Waals surface area contributed by atoms with Gasteiger partial charge in [-0.2, -0.15) is 9.50 Å². The average Bonchev–Trinajstić information content (AvgIpc) is 3.10. The van der Waals surface area contributed by atoms with Crippen molar-refractivity contribution in [1.29, 1.82) is 0 Å². The minimum Gasteiger partial charge on any atom is -0.493 e. The quantitative estimate of drug-likeness (QED) is 0.882. The van der Waals surface area contributed by atoms with Crippen LogP contribution in [0.2, 0.25) is 5.15 Å². The summed E-state index contributed by atoms with van der Waals surface area (Å²) in [7, 11) is 0. The van der Waals surface area contributed by atoms with Gasteiger partial charge in [0.15, 0.2) is 0 Å². The van der Waals surface area contributed by atoms with Crippen LogP contribution in [0.15, 0.2) is 29.0 Å². The van der Waals surface area contributed by atoms with Crippen molar-refractivity contribution in [2.75, 3.05) is 18.5 Å². The Hall–Kier alpha value is -2.08. The SMILES string of the molecule is Cc1cc(Cl)n2nc(NCC3=CC4=C(CCO4)CC3)nc2n1. The van der Waals surface area contributed by atoms with E-state index in [1.54, 1.807) is 6.07 Å². The Balaban J connectivity index is 1.51. The molecule has 114 valence electrons. The van der Waals surface area contributed by atoms with Gasteiger partial charge in [-0.1, -0.05) is 11.6 Å². The van der Waals surface area contributed by atoms with Crippen LogP contribution in [-0.4, -0.2) is 32.7 Å². The number of nitrogens with zero attached hydrogens (tertiary/aromatic N) is 4. The van der Waals surface area contributed by atoms with Crippen molar-refractivity contribution in [1.82, 2.24) is 19.6 Å². The second kappa shape index (κ2) is 5.28. The molecule has 7 heteroatoms. The Morgan fingerprint density at radius 1 is 1.32 bits per heavy atom. The molecule has 1 N–H and O–H groups in total. The zero-order valence-electron chi connectivity index (χ0n) is 12.3. The molecule has 22 heavy (non-hydrogen) atoms. The van der Waals surface area contributed by atoms with Crippen LogP contribution in [-0.2, 0) is 4.74 Å². The van der Waals surface area contributed by atoms with Gasteiger partial charge in [0.05, 0.1) is 6.61 Å². The first-order valence-corrected chi connectivity index (χ1v) is 7.75. The third-order valence-electron chi connectivity index (χ3n) is 3.96. The van der Waals surface area contributed by atoms with Crippen LogP contribution < -0.4 is 5.32 Å². The van der Waals surface area contributed by atoms with Crippen LogP contribution in [0.3, 0.4) is 0 Å². The molecule has 2 aromatic heterocycles. The van der Waals surface area contributed by atoms with E-state index in [4.69, 9.17) is 16.3 Å². The predicted molar refractivity (Wildman–Crippen MR) is 83.9 cm³/mol. The van der Waals surface area contributed by atoms with Crippen LogP contribution in [0.1, 0.15) is 25.0 Å². The average molecular weight is 318 g/mol. The Morgan fingerprint density at radius 3 is 3.14 bits per heavy atom. The number of ether oxygens (including phenoxy) is 1. The van der Waals surface area contributed by atoms with E-state index in [1.165, 1.54) is 15.7 Å². The molecular weight excluding hydrogens is 302 g/mol. The van der Waals surface area contributed by atoms with Gasteiger partial charge in [0, 0.05) is 18.7 Å². The lowest BCUT2D eigenvalue weighted by molar-refractivity contribution is 0.256. The van der Waals surface area contributed by atoms with Gasteiger partial charge in [-0.3, -0.25) is 0 Å². The lowest BCUT2D eigenvalue weighted by Crippen LogP contribution is -2.09. The van der Waals surface area contributed by atoms with Crippen molar-refractivity contribution < 1.29 is 4.74 Å². The molecule has 2 aliphatic rings. The summed E-state index contributed by atoms with van der Waals surface area (Å²) < 4.78 is 7.16. The maximum Gasteiger partial charge on any atom is 0.255 e. The number of halogens is 1. The molecule has 6 nitrogen and oxygen atoms in total. The third-order valence-corrected chi connectivity index (χ3v) is 4.23. The monoisotopic (exact) mass is 317 g/mol. The van der Waals surface area contributed by atoms with E-state index in [2.05, 4.69) is 26.5 Å². The second-order valence-electron chi connectivity index (χ2n) is 5.59. The smallest absolute Gasteiger partial charge is 0.255 e. The summed E-state index contributed by atoms with van der Waals surface area (Å²) >= 11 is 6.14. The van der Waals surface area contributed by atoms with Gasteiger partial charge in [-0.05, 0) is 43.1 Å². The van der Waals surface area contributed by atoms with Crippen molar-refractivity contribution >= 4 is 23.3 Å². The van der Waals surface area contributed by atoms with Crippen LogP contribution >= 0.6 is 11.6 Å². The molecule has 0 amide bonds. The van der Waals surface area contributed by atoms with Crippen molar-refractivity contribution in [3.63, 3.8) is 0 Å². The molecule has 0 saturated heterocycles. The summed E-state index contributed by atoms with van der Waals surface area (Å²) in [6.45, 7) is 3.40. The number of aryl methyl sites for hydroxylation is 1. The standard InChI is InChI=1S/C15H16ClN5O/c1-9-6-13(16)21-15(18-9)19-14(20-21)17-8-10-2-3-11-4-5-22-12(11)7-10/h6-7H,2-5,8H2,1H3,(H,17,20). The summed E-state index contributed by atoms with van der Waals surface area (Å²) in [6, 6.07) is 1.77. The van der Waals surface area contributed by atoms with Gasteiger partial charge in [-0.15, -0.1) is 5.10 Å². The van der Waals surface area contributed by atoms with E-state index in [0.717, 1.165) is 37.3 Å². The molecule has 1 aliphatic carbocycles. The summed E-state index contributed by atoms with van der Waals surface area (Å²) in [5.74, 6) is 2.11. The van der Waals surface area contributed by atoms with Gasteiger partial charge >= 0.3 is 0 Å². The van der Waals surface area contributed by atoms with Crippen LogP contribution in [0.5, 0.6) is 0 Å². The molecule has 0 radical (unpaired) electrons. The summed E-state index contributed by atoms with van der Waals surface area (Å²) in [6.07, 6.45) is 5.36. The Kier molecular flexibility index (Phi) is 3.26. The maximum absolute atomic E-state index is 6.14. The molecular formula is C15H16ClN5O. The molecule has 0 saturated carbocycles. The van der Waals surface area contributed by atoms with E-state index in [1.807, 2.05) is 6.92 Å². The molecule has 0 spiro atoms. The predicted octanol–water partition coefficient (Wildman–Crippen LogP) is 2.89. The topological polar surface area (TPSA) is 64.3 Å². The van der Waals surface area contributed by atoms with Crippen molar-refractivity contribution in [2.45, 2.75) is 26.2 Å². The Bertz CT molecular complexity index is 808. The van der Waals surface area contributed by atoms with Crippen molar-refractivity contribution in [3.05, 3.63) is 39.9 Å². The molecule has 0 fully saturated rings. The first kappa shape index (κ1) is 13.6. The minimum atomic E-state index is 0.508. The molecule has 3 heterocycles. The first-order chi connectivity index (χ1) is 10.7. The van der Waals surface area contributed by atoms with Crippen molar-refractivity contribution in [3.8, 4) is 0 Å². The normalized spacial score (nSPS) is 17.5. The Morgan fingerprint density at radius 2 is 2.23 bits per heavy atom. The van der Waals surface area contributed by atoms with Crippen LogP contribution in [0.4, 0.5) is 5.95 Å². The van der Waals surface area contributed by atoms with E-state index in [9.17, 15) is 0 Å². The van der Waals surface area contributed by atoms with Crippen LogP contribution in [0.25, 0.3) is 5.78 Å². The molecule has 0 unspecified atom stereocenters. The summed E-state index contributed by atoms with van der Waals surface area (Å²) in [5, 5.41) is 8.08. The Labute approximate surface area is 132 Å². The van der Waals surface area contributed by atoms with Gasteiger partial charge in [0.2, 0.25) is 5.95 Å². The van der Waals surface area contributed by atoms with Gasteiger partial charge in [0.25, 0.3) is 5.78 Å². The summed E-state index contributed by atoms with van der Waals surface area (Å²) in [5.41, 5.74) is 3.57. The van der Waals surface area contributed by atoms with E-state index < -0.39 is 0 Å². The van der Waals surface area contributed by atoms with Gasteiger partial charge in [-0.25, -0.2) is 4.98 Å². The molecule has 0 aromatic carbocycles. The zero-order chi connectivity index (χ0) is 15.1. The highest BCUT2D eigenvalue weighted by molar-refractivity contribution is 6.29. The van der Waals surface area contributed by atoms with Crippen LogP contribution in [0, 0.1) is 6.92 Å². The third kappa shape index (κ3) is 2.43. The minimum absolute atomic E-state index is 0.508. The lowest BCUT2D eigenvalue weighted by Gasteiger charge is -2.14. The summed E-state index contributed by atoms with van der Waals surface area (Å²) in [4.78, 5) is 8.68. The molecule has 0 bridgehead atoms. The number of aromatic nitrogens is 4. The highest BCUT2D eigenvalue weighted by Crippen LogP contribution is 2.31. The maximum atomic E-state index is 6.14. The van der Waals surface area contributed by atoms with Gasteiger partial charge < -0.3 is 10.1 Å². The molecule has 2 aromatic rings. The number of rotatable bonds is 3. The van der Waals surface area contributed by atoms with Crippen molar-refractivity contribution in [2.24, 2.45) is 0 Å². The largest absolute Gasteiger partial charge is 0.493 e. The number of hydrogen-bond acceptors (Lipinski definition) is 5. The fourth-order valence-corrected chi connectivity index (χ4v) is 3.09. The zero-order valence-corrected chi connectivity index (χ0v) is 13.0. The highest BCUT2D eigenvalue weighted by Gasteiger charge is 2.19. The fourth-order valence-electron chi connectivity index (χ4n) is 2.82. The van der Waals surface area contributed by atoms with Gasteiger partial charge in [0.1, 0.15) is 10.9 Å². The fraction of sp³-hybridized carbons (Fsp3) is 0.400. The second-order valence-corrected chi connectivity index (χ2v) is 5.98. The molecule has 4 rings (SSSR count). The number of nitrogens with one attached hydrogen (secondary N) is 1. The molecule has 1 aliphatic heterocycles.